The van der Waals surface area contributed by atoms with Crippen molar-refractivity contribution in [3.05, 3.63) is 83.2 Å². The number of para-hydroxylation sites is 1. The van der Waals surface area contributed by atoms with E-state index in [1.54, 1.807) is 6.07 Å². The molecule has 0 saturated carbocycles. The average molecular weight is 431 g/mol. The number of halogens is 1. The number of rotatable bonds is 3. The number of hydrogen-bond acceptors (Lipinski definition) is 4. The first-order valence-corrected chi connectivity index (χ1v) is 10.8. The summed E-state index contributed by atoms with van der Waals surface area (Å²) in [7, 11) is 1.86. The van der Waals surface area contributed by atoms with Crippen LogP contribution < -0.4 is 15.4 Å². The zero-order chi connectivity index (χ0) is 22.7. The minimum atomic E-state index is -1.63. The number of hydrogen-bond donors (Lipinski definition) is 3. The summed E-state index contributed by atoms with van der Waals surface area (Å²) >= 11 is 0. The van der Waals surface area contributed by atoms with Crippen LogP contribution in [-0.2, 0) is 12.2 Å². The summed E-state index contributed by atoms with van der Waals surface area (Å²) in [6.45, 7) is 6.26. The summed E-state index contributed by atoms with van der Waals surface area (Å²) < 4.78 is 20.5. The minimum absolute atomic E-state index is 0.221. The van der Waals surface area contributed by atoms with Crippen LogP contribution in [0.5, 0.6) is 5.75 Å². The Labute approximate surface area is 187 Å². The SMILES string of the molecule is CNc1ccccc1CC1(O)Oc2ccc(F)cc2-c2ccc3c(c21)C(C)=CC(C)(C)N3. The average Bonchev–Trinajstić information content (AvgIpc) is 2.73. The molecule has 0 bridgehead atoms. The van der Waals surface area contributed by atoms with Gasteiger partial charge in [0.2, 0.25) is 5.79 Å². The van der Waals surface area contributed by atoms with Crippen molar-refractivity contribution in [2.45, 2.75) is 38.5 Å². The molecule has 0 radical (unpaired) electrons. The van der Waals surface area contributed by atoms with Crippen molar-refractivity contribution in [1.82, 2.24) is 0 Å². The Balaban J connectivity index is 1.78. The second-order valence-corrected chi connectivity index (χ2v) is 9.20. The molecule has 1 unspecified atom stereocenters. The number of fused-ring (bicyclic) bond motifs is 5. The third-order valence-corrected chi connectivity index (χ3v) is 6.25. The van der Waals surface area contributed by atoms with Gasteiger partial charge in [0.15, 0.2) is 0 Å². The van der Waals surface area contributed by atoms with Gasteiger partial charge in [0.1, 0.15) is 11.6 Å². The van der Waals surface area contributed by atoms with Gasteiger partial charge in [0.05, 0.1) is 5.54 Å². The predicted octanol–water partition coefficient (Wildman–Crippen LogP) is 5.92. The van der Waals surface area contributed by atoms with Crippen LogP contribution in [-0.4, -0.2) is 17.7 Å². The molecule has 2 aliphatic heterocycles. The van der Waals surface area contributed by atoms with Crippen molar-refractivity contribution < 1.29 is 14.2 Å². The first kappa shape index (κ1) is 20.6. The van der Waals surface area contributed by atoms with E-state index in [0.717, 1.165) is 33.6 Å². The molecule has 1 atom stereocenters. The molecule has 164 valence electrons. The largest absolute Gasteiger partial charge is 0.457 e. The van der Waals surface area contributed by atoms with Crippen molar-refractivity contribution in [2.24, 2.45) is 0 Å². The lowest BCUT2D eigenvalue weighted by atomic mass is 9.79. The van der Waals surface area contributed by atoms with Crippen LogP contribution in [0.15, 0.2) is 60.7 Å². The number of anilines is 2. The van der Waals surface area contributed by atoms with E-state index < -0.39 is 5.79 Å². The molecule has 0 aliphatic carbocycles. The first-order chi connectivity index (χ1) is 15.2. The van der Waals surface area contributed by atoms with Crippen molar-refractivity contribution in [2.75, 3.05) is 17.7 Å². The quantitative estimate of drug-likeness (QED) is 0.483. The van der Waals surface area contributed by atoms with Gasteiger partial charge in [-0.05, 0) is 67.8 Å². The number of allylic oxidation sites excluding steroid dienone is 1. The van der Waals surface area contributed by atoms with E-state index in [2.05, 4.69) is 30.6 Å². The van der Waals surface area contributed by atoms with Crippen LogP contribution in [0.2, 0.25) is 0 Å². The molecule has 3 aromatic rings. The molecule has 0 aromatic heterocycles. The summed E-state index contributed by atoms with van der Waals surface area (Å²) in [6, 6.07) is 16.2. The van der Waals surface area contributed by atoms with Crippen LogP contribution in [0.1, 0.15) is 37.5 Å². The topological polar surface area (TPSA) is 53.5 Å². The van der Waals surface area contributed by atoms with E-state index >= 15 is 0 Å². The Hall–Kier alpha value is -3.31. The fourth-order valence-electron chi connectivity index (χ4n) is 5.08. The molecule has 2 heterocycles. The first-order valence-electron chi connectivity index (χ1n) is 10.8. The predicted molar refractivity (Wildman–Crippen MR) is 127 cm³/mol. The van der Waals surface area contributed by atoms with E-state index in [1.807, 2.05) is 50.4 Å². The van der Waals surface area contributed by atoms with Crippen LogP contribution >= 0.6 is 0 Å². The molecule has 0 saturated heterocycles. The highest BCUT2D eigenvalue weighted by atomic mass is 19.1. The number of nitrogens with one attached hydrogen (secondary N) is 2. The molecule has 0 spiro atoms. The van der Waals surface area contributed by atoms with Gasteiger partial charge in [-0.2, -0.15) is 0 Å². The van der Waals surface area contributed by atoms with Crippen molar-refractivity contribution >= 4 is 16.9 Å². The molecule has 3 N–H and O–H groups in total. The van der Waals surface area contributed by atoms with Crippen LogP contribution in [0, 0.1) is 5.82 Å². The molecule has 5 heteroatoms. The van der Waals surface area contributed by atoms with Gasteiger partial charge in [-0.25, -0.2) is 4.39 Å². The fraction of sp³-hybridized carbons (Fsp3) is 0.259. The zero-order valence-electron chi connectivity index (χ0n) is 18.7. The second-order valence-electron chi connectivity index (χ2n) is 9.20. The van der Waals surface area contributed by atoms with E-state index in [9.17, 15) is 9.50 Å². The standard InChI is InChI=1S/C27H27FN2O2/c1-16-14-26(2,3)30-22-11-10-19-20-13-18(28)9-12-23(20)32-27(31,25(19)24(16)22)15-17-7-5-6-8-21(17)29-4/h5-14,29-31H,15H2,1-4H3. The molecule has 32 heavy (non-hydrogen) atoms. The highest BCUT2D eigenvalue weighted by molar-refractivity contribution is 5.90. The maximum absolute atomic E-state index is 14.2. The van der Waals surface area contributed by atoms with E-state index in [0.29, 0.717) is 16.9 Å². The molecule has 2 aliphatic rings. The van der Waals surface area contributed by atoms with Crippen molar-refractivity contribution in [3.63, 3.8) is 0 Å². The molecule has 5 rings (SSSR count). The summed E-state index contributed by atoms with van der Waals surface area (Å²) in [5.74, 6) is -1.50. The van der Waals surface area contributed by atoms with E-state index in [4.69, 9.17) is 4.74 Å². The maximum Gasteiger partial charge on any atom is 0.240 e. The van der Waals surface area contributed by atoms with Crippen molar-refractivity contribution in [1.29, 1.82) is 0 Å². The molecular weight excluding hydrogens is 403 g/mol. The van der Waals surface area contributed by atoms with E-state index in [1.165, 1.54) is 12.1 Å². The Morgan fingerprint density at radius 3 is 2.62 bits per heavy atom. The monoisotopic (exact) mass is 430 g/mol. The van der Waals surface area contributed by atoms with Crippen LogP contribution in [0.25, 0.3) is 16.7 Å². The zero-order valence-corrected chi connectivity index (χ0v) is 18.7. The lowest BCUT2D eigenvalue weighted by Gasteiger charge is -2.41. The molecule has 3 aromatic carbocycles. The Morgan fingerprint density at radius 1 is 1.06 bits per heavy atom. The molecular formula is C27H27FN2O2. The minimum Gasteiger partial charge on any atom is -0.457 e. The highest BCUT2D eigenvalue weighted by Gasteiger charge is 2.44. The third kappa shape index (κ3) is 3.24. The summed E-state index contributed by atoms with van der Waals surface area (Å²) in [5.41, 5.74) is 6.60. The number of benzene rings is 3. The summed E-state index contributed by atoms with van der Waals surface area (Å²) in [5, 5.41) is 18.9. The van der Waals surface area contributed by atoms with Gasteiger partial charge in [-0.1, -0.05) is 30.3 Å². The summed E-state index contributed by atoms with van der Waals surface area (Å²) in [4.78, 5) is 0. The van der Waals surface area contributed by atoms with Gasteiger partial charge in [0, 0.05) is 41.5 Å². The highest BCUT2D eigenvalue weighted by Crippen LogP contribution is 2.51. The third-order valence-electron chi connectivity index (χ3n) is 6.25. The lowest BCUT2D eigenvalue weighted by Crippen LogP contribution is -2.41. The van der Waals surface area contributed by atoms with Gasteiger partial charge in [0.25, 0.3) is 0 Å². The van der Waals surface area contributed by atoms with Gasteiger partial charge in [-0.15, -0.1) is 0 Å². The normalized spacial score (nSPS) is 20.1. The lowest BCUT2D eigenvalue weighted by molar-refractivity contribution is -0.146. The van der Waals surface area contributed by atoms with Crippen molar-refractivity contribution in [3.8, 4) is 16.9 Å². The fourth-order valence-corrected chi connectivity index (χ4v) is 5.08. The molecule has 0 fully saturated rings. The smallest absolute Gasteiger partial charge is 0.240 e. The van der Waals surface area contributed by atoms with E-state index in [-0.39, 0.29) is 17.8 Å². The van der Waals surface area contributed by atoms with Gasteiger partial charge >= 0.3 is 0 Å². The Morgan fingerprint density at radius 2 is 1.84 bits per heavy atom. The Kier molecular flexibility index (Phi) is 4.57. The number of aliphatic hydroxyl groups is 1. The van der Waals surface area contributed by atoms with Gasteiger partial charge in [-0.3, -0.25) is 0 Å². The summed E-state index contributed by atoms with van der Waals surface area (Å²) in [6.07, 6.45) is 2.39. The number of ether oxygens (including phenoxy) is 1. The maximum atomic E-state index is 14.2. The Bertz CT molecular complexity index is 1260. The molecule has 4 nitrogen and oxygen atoms in total. The molecule has 0 amide bonds. The van der Waals surface area contributed by atoms with Crippen LogP contribution in [0.4, 0.5) is 15.8 Å². The van der Waals surface area contributed by atoms with Gasteiger partial charge < -0.3 is 20.5 Å². The van der Waals surface area contributed by atoms with Crippen LogP contribution in [0.3, 0.4) is 0 Å². The second kappa shape index (κ2) is 7.10.